The fraction of sp³-hybridized carbons (Fsp3) is 0.923. The molecule has 1 atom stereocenters. The highest BCUT2D eigenvalue weighted by atomic mass is 32.2. The van der Waals surface area contributed by atoms with Gasteiger partial charge in [-0.05, 0) is 39.0 Å². The zero-order valence-corrected chi connectivity index (χ0v) is 12.4. The lowest BCUT2D eigenvalue weighted by molar-refractivity contribution is 0.268. The molecule has 1 unspecified atom stereocenters. The summed E-state index contributed by atoms with van der Waals surface area (Å²) < 4.78 is 0. The molecule has 1 aliphatic rings. The first-order chi connectivity index (χ1) is 7.18. The van der Waals surface area contributed by atoms with Gasteiger partial charge in [0.2, 0.25) is 0 Å². The van der Waals surface area contributed by atoms with E-state index in [9.17, 15) is 0 Å². The molecule has 0 aromatic carbocycles. The summed E-state index contributed by atoms with van der Waals surface area (Å²) in [4.78, 5) is 4.67. The number of hydrogen-bond acceptors (Lipinski definition) is 3. The Bertz CT molecular complexity index is 264. The first-order valence-electron chi connectivity index (χ1n) is 6.17. The zero-order valence-electron chi connectivity index (χ0n) is 11.6. The minimum absolute atomic E-state index is 0.126. The van der Waals surface area contributed by atoms with Gasteiger partial charge in [0, 0.05) is 11.3 Å². The number of hydrogen-bond donors (Lipinski definition) is 1. The maximum atomic E-state index is 4.67. The summed E-state index contributed by atoms with van der Waals surface area (Å²) in [6.45, 7) is 13.6. The molecule has 1 heterocycles. The second kappa shape index (κ2) is 4.99. The quantitative estimate of drug-likeness (QED) is 0.799. The molecule has 0 fully saturated rings. The molecule has 1 aliphatic heterocycles. The van der Waals surface area contributed by atoms with Gasteiger partial charge in [0.15, 0.2) is 5.17 Å². The van der Waals surface area contributed by atoms with Gasteiger partial charge in [0.05, 0.1) is 6.04 Å². The Morgan fingerprint density at radius 2 is 1.94 bits per heavy atom. The van der Waals surface area contributed by atoms with Gasteiger partial charge < -0.3 is 5.32 Å². The van der Waals surface area contributed by atoms with Crippen LogP contribution in [0.5, 0.6) is 0 Å². The molecule has 0 spiro atoms. The summed E-state index contributed by atoms with van der Waals surface area (Å²) in [6.07, 6.45) is 2.35. The molecular formula is C13H26N2S. The van der Waals surface area contributed by atoms with Crippen molar-refractivity contribution in [3.8, 4) is 0 Å². The highest BCUT2D eigenvalue weighted by Crippen LogP contribution is 2.28. The number of nitrogens with one attached hydrogen (secondary N) is 1. The topological polar surface area (TPSA) is 24.4 Å². The van der Waals surface area contributed by atoms with Crippen LogP contribution >= 0.6 is 11.8 Å². The van der Waals surface area contributed by atoms with Gasteiger partial charge in [0.25, 0.3) is 0 Å². The van der Waals surface area contributed by atoms with Crippen molar-refractivity contribution in [2.24, 2.45) is 10.4 Å². The Morgan fingerprint density at radius 3 is 2.44 bits per heavy atom. The Hall–Kier alpha value is -0.180. The van der Waals surface area contributed by atoms with E-state index in [2.05, 4.69) is 51.9 Å². The van der Waals surface area contributed by atoms with E-state index >= 15 is 0 Å². The van der Waals surface area contributed by atoms with Crippen LogP contribution in [0.4, 0.5) is 0 Å². The predicted octanol–water partition coefficient (Wildman–Crippen LogP) is 3.67. The zero-order chi connectivity index (χ0) is 12.4. The average molecular weight is 242 g/mol. The van der Waals surface area contributed by atoms with E-state index in [0.717, 1.165) is 11.6 Å². The van der Waals surface area contributed by atoms with Crippen LogP contribution in [0, 0.1) is 5.41 Å². The smallest absolute Gasteiger partial charge is 0.157 e. The molecule has 94 valence electrons. The summed E-state index contributed by atoms with van der Waals surface area (Å²) in [6, 6.07) is 0.481. The van der Waals surface area contributed by atoms with Crippen molar-refractivity contribution >= 4 is 16.9 Å². The third-order valence-corrected chi connectivity index (χ3v) is 3.45. The number of thioether (sulfide) groups is 1. The van der Waals surface area contributed by atoms with Crippen LogP contribution in [-0.2, 0) is 0 Å². The van der Waals surface area contributed by atoms with Crippen LogP contribution in [0.3, 0.4) is 0 Å². The van der Waals surface area contributed by atoms with Crippen LogP contribution in [0.1, 0.15) is 54.4 Å². The van der Waals surface area contributed by atoms with Gasteiger partial charge in [-0.25, -0.2) is 0 Å². The molecule has 0 aliphatic carbocycles. The molecule has 0 saturated heterocycles. The normalized spacial score (nSPS) is 22.9. The molecule has 0 amide bonds. The summed E-state index contributed by atoms with van der Waals surface area (Å²) >= 11 is 1.86. The molecule has 0 saturated carbocycles. The highest BCUT2D eigenvalue weighted by molar-refractivity contribution is 8.13. The van der Waals surface area contributed by atoms with Crippen molar-refractivity contribution in [1.82, 2.24) is 5.32 Å². The van der Waals surface area contributed by atoms with Crippen molar-refractivity contribution in [1.29, 1.82) is 0 Å². The minimum atomic E-state index is 0.126. The van der Waals surface area contributed by atoms with E-state index in [1.807, 2.05) is 11.8 Å². The summed E-state index contributed by atoms with van der Waals surface area (Å²) in [5.41, 5.74) is 0.475. The number of rotatable bonds is 2. The fourth-order valence-electron chi connectivity index (χ4n) is 2.36. The number of amidine groups is 1. The molecule has 0 aromatic heterocycles. The first-order valence-corrected chi connectivity index (χ1v) is 7.15. The van der Waals surface area contributed by atoms with E-state index < -0.39 is 0 Å². The third kappa shape index (κ3) is 5.24. The summed E-state index contributed by atoms with van der Waals surface area (Å²) in [5, 5.41) is 4.73. The Morgan fingerprint density at radius 1 is 1.31 bits per heavy atom. The van der Waals surface area contributed by atoms with Gasteiger partial charge >= 0.3 is 0 Å². The van der Waals surface area contributed by atoms with Crippen LogP contribution in [0.15, 0.2) is 4.99 Å². The van der Waals surface area contributed by atoms with E-state index in [1.54, 1.807) is 0 Å². The number of aliphatic imine (C=N–C) groups is 1. The van der Waals surface area contributed by atoms with Gasteiger partial charge in [-0.15, -0.1) is 0 Å². The maximum absolute atomic E-state index is 4.67. The third-order valence-electron chi connectivity index (χ3n) is 2.53. The molecule has 1 N–H and O–H groups in total. The van der Waals surface area contributed by atoms with Crippen molar-refractivity contribution < 1.29 is 0 Å². The lowest BCUT2D eigenvalue weighted by Gasteiger charge is -2.35. The SMILES string of the molecule is CC1CCSC(NC(C)(C)CC(C)(C)C)=N1. The summed E-state index contributed by atoms with van der Waals surface area (Å²) in [7, 11) is 0. The fourth-order valence-corrected chi connectivity index (χ4v) is 3.61. The lowest BCUT2D eigenvalue weighted by atomic mass is 9.82. The summed E-state index contributed by atoms with van der Waals surface area (Å²) in [5.74, 6) is 1.19. The van der Waals surface area contributed by atoms with Crippen LogP contribution < -0.4 is 5.32 Å². The van der Waals surface area contributed by atoms with Crippen molar-refractivity contribution in [2.45, 2.75) is 66.0 Å². The van der Waals surface area contributed by atoms with Gasteiger partial charge in [-0.3, -0.25) is 4.99 Å². The Kier molecular flexibility index (Phi) is 4.33. The van der Waals surface area contributed by atoms with E-state index in [-0.39, 0.29) is 5.54 Å². The van der Waals surface area contributed by atoms with E-state index in [0.29, 0.717) is 11.5 Å². The van der Waals surface area contributed by atoms with Gasteiger partial charge in [0.1, 0.15) is 0 Å². The van der Waals surface area contributed by atoms with Crippen LogP contribution in [-0.4, -0.2) is 22.5 Å². The predicted molar refractivity (Wildman–Crippen MR) is 75.3 cm³/mol. The van der Waals surface area contributed by atoms with Gasteiger partial charge in [-0.2, -0.15) is 0 Å². The van der Waals surface area contributed by atoms with Crippen molar-refractivity contribution in [2.75, 3.05) is 5.75 Å². The van der Waals surface area contributed by atoms with E-state index in [4.69, 9.17) is 0 Å². The molecule has 0 radical (unpaired) electrons. The minimum Gasteiger partial charge on any atom is -0.360 e. The first kappa shape index (κ1) is 13.9. The Labute approximate surface area is 105 Å². The highest BCUT2D eigenvalue weighted by Gasteiger charge is 2.27. The molecule has 1 rings (SSSR count). The van der Waals surface area contributed by atoms with E-state index in [1.165, 1.54) is 12.2 Å². The van der Waals surface area contributed by atoms with Gasteiger partial charge in [-0.1, -0.05) is 32.5 Å². The average Bonchev–Trinajstić information content (AvgIpc) is 1.96. The molecule has 0 aromatic rings. The Balaban J connectivity index is 2.58. The van der Waals surface area contributed by atoms with Crippen LogP contribution in [0.2, 0.25) is 0 Å². The van der Waals surface area contributed by atoms with Crippen molar-refractivity contribution in [3.05, 3.63) is 0 Å². The molecular weight excluding hydrogens is 216 g/mol. The lowest BCUT2D eigenvalue weighted by Crippen LogP contribution is -2.45. The monoisotopic (exact) mass is 242 g/mol. The largest absolute Gasteiger partial charge is 0.360 e. The van der Waals surface area contributed by atoms with Crippen molar-refractivity contribution in [3.63, 3.8) is 0 Å². The second-order valence-electron chi connectivity index (χ2n) is 6.67. The molecule has 16 heavy (non-hydrogen) atoms. The molecule has 0 bridgehead atoms. The van der Waals surface area contributed by atoms with Crippen LogP contribution in [0.25, 0.3) is 0 Å². The standard InChI is InChI=1S/C13H26N2S/c1-10-7-8-16-11(14-10)15-13(5,6)9-12(2,3)4/h10H,7-9H2,1-6H3,(H,14,15). The second-order valence-corrected chi connectivity index (χ2v) is 7.75. The molecule has 2 nitrogen and oxygen atoms in total. The number of nitrogens with zero attached hydrogens (tertiary/aromatic N) is 1. The molecule has 3 heteroatoms. The maximum Gasteiger partial charge on any atom is 0.157 e.